The first-order valence-corrected chi connectivity index (χ1v) is 12.5. The van der Waals surface area contributed by atoms with Crippen molar-refractivity contribution in [1.82, 2.24) is 9.62 Å². The number of nitrogens with zero attached hydrogens (tertiary/aromatic N) is 1. The molecule has 164 valence electrons. The lowest BCUT2D eigenvalue weighted by atomic mass is 10.0. The molecule has 1 amide bonds. The van der Waals surface area contributed by atoms with Crippen LogP contribution in [0.2, 0.25) is 0 Å². The minimum absolute atomic E-state index is 0.0115. The van der Waals surface area contributed by atoms with Gasteiger partial charge in [0.15, 0.2) is 0 Å². The molecule has 2 aliphatic carbocycles. The highest BCUT2D eigenvalue weighted by molar-refractivity contribution is 7.89. The summed E-state index contributed by atoms with van der Waals surface area (Å²) in [6.07, 6.45) is 7.24. The highest BCUT2D eigenvalue weighted by Crippen LogP contribution is 2.29. The van der Waals surface area contributed by atoms with Crippen LogP contribution in [0.1, 0.15) is 62.1 Å². The predicted molar refractivity (Wildman–Crippen MR) is 123 cm³/mol. The second-order valence-electron chi connectivity index (χ2n) is 8.89. The molecule has 0 atom stereocenters. The first-order valence-electron chi connectivity index (χ1n) is 11.0. The number of sulfonamides is 1. The van der Waals surface area contributed by atoms with Crippen molar-refractivity contribution in [2.24, 2.45) is 0 Å². The first kappa shape index (κ1) is 21.8. The van der Waals surface area contributed by atoms with E-state index in [4.69, 9.17) is 0 Å². The molecule has 2 saturated carbocycles. The maximum atomic E-state index is 12.9. The van der Waals surface area contributed by atoms with E-state index in [1.54, 1.807) is 36.4 Å². The Bertz CT molecular complexity index is 1050. The van der Waals surface area contributed by atoms with Crippen molar-refractivity contribution < 1.29 is 13.2 Å². The van der Waals surface area contributed by atoms with Crippen molar-refractivity contribution in [1.29, 1.82) is 0 Å². The molecular weight excluding hydrogens is 408 g/mol. The predicted octanol–water partition coefficient (Wildman–Crippen LogP) is 4.46. The molecular formula is C25H30N2O3S. The Morgan fingerprint density at radius 1 is 1.03 bits per heavy atom. The van der Waals surface area contributed by atoms with Gasteiger partial charge in [-0.25, -0.2) is 13.1 Å². The second kappa shape index (κ2) is 8.97. The molecule has 31 heavy (non-hydrogen) atoms. The SMILES string of the molecule is CC(C)c1ccc(CN(C(=O)/C=C/c2ccc(S(=O)(=O)NC3CC3)cc2)C2CC2)cc1. The summed E-state index contributed by atoms with van der Waals surface area (Å²) >= 11 is 0. The topological polar surface area (TPSA) is 66.5 Å². The maximum absolute atomic E-state index is 12.9. The van der Waals surface area contributed by atoms with Crippen LogP contribution in [0.25, 0.3) is 6.08 Å². The maximum Gasteiger partial charge on any atom is 0.247 e. The van der Waals surface area contributed by atoms with Crippen molar-refractivity contribution in [3.8, 4) is 0 Å². The van der Waals surface area contributed by atoms with Crippen LogP contribution >= 0.6 is 0 Å². The van der Waals surface area contributed by atoms with Gasteiger partial charge in [0, 0.05) is 24.7 Å². The van der Waals surface area contributed by atoms with Gasteiger partial charge in [-0.1, -0.05) is 50.2 Å². The Morgan fingerprint density at radius 3 is 2.23 bits per heavy atom. The molecule has 0 spiro atoms. The van der Waals surface area contributed by atoms with Gasteiger partial charge < -0.3 is 4.90 Å². The highest BCUT2D eigenvalue weighted by atomic mass is 32.2. The molecule has 5 nitrogen and oxygen atoms in total. The molecule has 2 aliphatic rings. The zero-order valence-corrected chi connectivity index (χ0v) is 18.9. The summed E-state index contributed by atoms with van der Waals surface area (Å²) in [6.45, 7) is 4.95. The Kier molecular flexibility index (Phi) is 6.30. The average Bonchev–Trinajstić information content (AvgIpc) is 3.66. The van der Waals surface area contributed by atoms with Crippen LogP contribution in [0.15, 0.2) is 59.5 Å². The molecule has 0 heterocycles. The van der Waals surface area contributed by atoms with Gasteiger partial charge in [-0.05, 0) is 66.5 Å². The molecule has 1 N–H and O–H groups in total. The number of nitrogens with one attached hydrogen (secondary N) is 1. The van der Waals surface area contributed by atoms with Gasteiger partial charge in [0.25, 0.3) is 0 Å². The zero-order valence-electron chi connectivity index (χ0n) is 18.1. The summed E-state index contributed by atoms with van der Waals surface area (Å²) < 4.78 is 27.2. The van der Waals surface area contributed by atoms with Gasteiger partial charge in [-0.3, -0.25) is 4.79 Å². The zero-order chi connectivity index (χ0) is 22.0. The van der Waals surface area contributed by atoms with E-state index in [2.05, 4.69) is 42.8 Å². The smallest absolute Gasteiger partial charge is 0.247 e. The Balaban J connectivity index is 1.40. The van der Waals surface area contributed by atoms with Crippen LogP contribution in [-0.2, 0) is 21.4 Å². The summed E-state index contributed by atoms with van der Waals surface area (Å²) in [6, 6.07) is 15.5. The van der Waals surface area contributed by atoms with Gasteiger partial charge in [0.1, 0.15) is 0 Å². The van der Waals surface area contributed by atoms with Gasteiger partial charge in [-0.15, -0.1) is 0 Å². The molecule has 2 aromatic rings. The third kappa shape index (κ3) is 5.83. The van der Waals surface area contributed by atoms with E-state index in [1.165, 1.54) is 5.56 Å². The van der Waals surface area contributed by atoms with Gasteiger partial charge in [0.05, 0.1) is 4.90 Å². The fourth-order valence-corrected chi connectivity index (χ4v) is 4.79. The third-order valence-electron chi connectivity index (χ3n) is 5.78. The quantitative estimate of drug-likeness (QED) is 0.588. The standard InChI is InChI=1S/C25H30N2O3S/c1-18(2)21-8-3-20(4-9-21)17-27(23-12-13-23)25(28)16-7-19-5-14-24(15-6-19)31(29,30)26-22-10-11-22/h3-9,14-16,18,22-23,26H,10-13,17H2,1-2H3/b16-7+. The Morgan fingerprint density at radius 2 is 1.68 bits per heavy atom. The largest absolute Gasteiger partial charge is 0.332 e. The van der Waals surface area contributed by atoms with Crippen LogP contribution in [0.5, 0.6) is 0 Å². The highest BCUT2D eigenvalue weighted by Gasteiger charge is 2.31. The Hall–Kier alpha value is -2.44. The Labute approximate surface area is 185 Å². The van der Waals surface area contributed by atoms with Crippen molar-refractivity contribution >= 4 is 22.0 Å². The molecule has 2 aromatic carbocycles. The summed E-state index contributed by atoms with van der Waals surface area (Å²) in [5.74, 6) is 0.478. The summed E-state index contributed by atoms with van der Waals surface area (Å²) in [5.41, 5.74) is 3.23. The van der Waals surface area contributed by atoms with E-state index in [9.17, 15) is 13.2 Å². The van der Waals surface area contributed by atoms with Crippen molar-refractivity contribution in [2.45, 2.75) is 69.0 Å². The molecule has 0 bridgehead atoms. The average molecular weight is 439 g/mol. The normalized spacial score (nSPS) is 16.7. The van der Waals surface area contributed by atoms with Crippen LogP contribution in [0.3, 0.4) is 0 Å². The molecule has 0 aromatic heterocycles. The molecule has 0 unspecified atom stereocenters. The second-order valence-corrected chi connectivity index (χ2v) is 10.6. The molecule has 6 heteroatoms. The summed E-state index contributed by atoms with van der Waals surface area (Å²) in [4.78, 5) is 15.1. The molecule has 0 aliphatic heterocycles. The lowest BCUT2D eigenvalue weighted by molar-refractivity contribution is -0.127. The number of rotatable bonds is 9. The minimum Gasteiger partial charge on any atom is -0.332 e. The first-order chi connectivity index (χ1) is 14.8. The lowest BCUT2D eigenvalue weighted by Crippen LogP contribution is -2.31. The molecule has 0 saturated heterocycles. The van der Waals surface area contributed by atoms with Crippen molar-refractivity contribution in [3.63, 3.8) is 0 Å². The van der Waals surface area contributed by atoms with E-state index in [-0.39, 0.29) is 16.8 Å². The molecule has 2 fully saturated rings. The monoisotopic (exact) mass is 438 g/mol. The van der Waals surface area contributed by atoms with E-state index >= 15 is 0 Å². The minimum atomic E-state index is -3.45. The number of hydrogen-bond donors (Lipinski definition) is 1. The summed E-state index contributed by atoms with van der Waals surface area (Å²) in [7, 11) is -3.45. The molecule has 4 rings (SSSR count). The number of amides is 1. The van der Waals surface area contributed by atoms with Crippen molar-refractivity contribution in [3.05, 3.63) is 71.3 Å². The van der Waals surface area contributed by atoms with Crippen LogP contribution < -0.4 is 4.72 Å². The molecule has 0 radical (unpaired) electrons. The van der Waals surface area contributed by atoms with E-state index in [0.717, 1.165) is 36.8 Å². The van der Waals surface area contributed by atoms with Crippen LogP contribution in [0.4, 0.5) is 0 Å². The van der Waals surface area contributed by atoms with E-state index in [1.807, 2.05) is 4.90 Å². The van der Waals surface area contributed by atoms with Gasteiger partial charge in [-0.2, -0.15) is 0 Å². The fourth-order valence-electron chi connectivity index (χ4n) is 3.49. The van der Waals surface area contributed by atoms with Gasteiger partial charge >= 0.3 is 0 Å². The summed E-state index contributed by atoms with van der Waals surface area (Å²) in [5, 5.41) is 0. The number of hydrogen-bond acceptors (Lipinski definition) is 3. The van der Waals surface area contributed by atoms with Gasteiger partial charge in [0.2, 0.25) is 15.9 Å². The van der Waals surface area contributed by atoms with E-state index < -0.39 is 10.0 Å². The fraction of sp³-hybridized carbons (Fsp3) is 0.400. The number of benzene rings is 2. The van der Waals surface area contributed by atoms with Crippen molar-refractivity contribution in [2.75, 3.05) is 0 Å². The van der Waals surface area contributed by atoms with Crippen LogP contribution in [0, 0.1) is 0 Å². The number of carbonyl (C=O) groups is 1. The van der Waals surface area contributed by atoms with Crippen LogP contribution in [-0.4, -0.2) is 31.3 Å². The lowest BCUT2D eigenvalue weighted by Gasteiger charge is -2.21. The van der Waals surface area contributed by atoms with E-state index in [0.29, 0.717) is 18.5 Å². The third-order valence-corrected chi connectivity index (χ3v) is 7.31. The number of carbonyl (C=O) groups excluding carboxylic acids is 1.